The molecule has 7 N–H and O–H groups in total. The molecule has 0 bridgehead atoms. The van der Waals surface area contributed by atoms with E-state index in [0.717, 1.165) is 0 Å². The third kappa shape index (κ3) is 5.90. The molecule has 0 aromatic heterocycles. The molecule has 116 valence electrons. The molecular weight excluding hydrogens is 305 g/mol. The van der Waals surface area contributed by atoms with Crippen LogP contribution in [0.2, 0.25) is 0 Å². The number of hydrogen-bond donors (Lipinski definition) is 7. The van der Waals surface area contributed by atoms with Crippen molar-refractivity contribution in [1.82, 2.24) is 0 Å². The summed E-state index contributed by atoms with van der Waals surface area (Å²) in [5.74, 6) is -1.80. The number of carbonyl (C=O) groups is 1. The fraction of sp³-hybridized carbons (Fsp3) is 0.833. The molecule has 0 rings (SSSR count). The second-order valence-corrected chi connectivity index (χ2v) is 4.59. The summed E-state index contributed by atoms with van der Waals surface area (Å²) in [4.78, 5) is 29.9. The number of phosphoric ester groups is 1. The Kier molecular flexibility index (Phi) is 7.19. The van der Waals surface area contributed by atoms with E-state index < -0.39 is 44.4 Å². The lowest BCUT2D eigenvalue weighted by Crippen LogP contribution is -2.49. The minimum absolute atomic E-state index is 1.80. The van der Waals surface area contributed by atoms with E-state index in [-0.39, 0.29) is 0 Å². The van der Waals surface area contributed by atoms with Crippen LogP contribution in [0.25, 0.3) is 10.4 Å². The SMILES string of the molecule is [N-]=[N+]=NC(O)[C@@H](O)[C@@H](O)[C@H](O)C(=O)C(O)OP(=O)(O)O. The highest BCUT2D eigenvalue weighted by Gasteiger charge is 2.38. The highest BCUT2D eigenvalue weighted by Crippen LogP contribution is 2.37. The van der Waals surface area contributed by atoms with Crippen molar-refractivity contribution in [2.24, 2.45) is 5.11 Å². The largest absolute Gasteiger partial charge is 0.472 e. The Balaban J connectivity index is 4.79. The first-order valence-electron chi connectivity index (χ1n) is 4.73. The van der Waals surface area contributed by atoms with Crippen LogP contribution < -0.4 is 0 Å². The normalized spacial score (nSPS) is 19.4. The van der Waals surface area contributed by atoms with Crippen LogP contribution in [0.5, 0.6) is 0 Å². The number of nitrogens with zero attached hydrogens (tertiary/aromatic N) is 3. The second kappa shape index (κ2) is 7.61. The Morgan fingerprint density at radius 3 is 2.05 bits per heavy atom. The molecule has 0 aliphatic rings. The van der Waals surface area contributed by atoms with E-state index in [9.17, 15) is 24.7 Å². The van der Waals surface area contributed by atoms with Gasteiger partial charge in [-0.25, -0.2) is 9.09 Å². The van der Waals surface area contributed by atoms with Crippen LogP contribution in [0.4, 0.5) is 0 Å². The van der Waals surface area contributed by atoms with Gasteiger partial charge in [0.2, 0.25) is 12.1 Å². The summed E-state index contributed by atoms with van der Waals surface area (Å²) in [6.07, 6.45) is -12.3. The van der Waals surface area contributed by atoms with Crippen molar-refractivity contribution in [3.63, 3.8) is 0 Å². The number of rotatable bonds is 8. The first kappa shape index (κ1) is 18.9. The quantitative estimate of drug-likeness (QED) is 0.0773. The van der Waals surface area contributed by atoms with Crippen LogP contribution in [0, 0.1) is 0 Å². The number of ketones is 1. The van der Waals surface area contributed by atoms with Gasteiger partial charge in [-0.2, -0.15) is 0 Å². The number of phosphoric acid groups is 1. The van der Waals surface area contributed by atoms with Crippen molar-refractivity contribution in [1.29, 1.82) is 0 Å². The van der Waals surface area contributed by atoms with Crippen molar-refractivity contribution >= 4 is 13.6 Å². The molecule has 0 amide bonds. The third-order valence-electron chi connectivity index (χ3n) is 1.92. The van der Waals surface area contributed by atoms with Gasteiger partial charge in [0.05, 0.1) is 0 Å². The number of azide groups is 1. The number of Topliss-reactive ketones (excluding diaryl/α,β-unsaturated/α-hetero) is 1. The van der Waals surface area contributed by atoms with Gasteiger partial charge in [0.25, 0.3) is 0 Å². The topological polar surface area (TPSA) is 234 Å². The zero-order valence-corrected chi connectivity index (χ0v) is 10.4. The number of carbonyl (C=O) groups excluding carboxylic acids is 1. The van der Waals surface area contributed by atoms with Crippen LogP contribution in [-0.4, -0.2) is 71.9 Å². The van der Waals surface area contributed by atoms with Gasteiger partial charge in [0.15, 0.2) is 6.23 Å². The summed E-state index contributed by atoms with van der Waals surface area (Å²) in [6, 6.07) is 0. The van der Waals surface area contributed by atoms with Gasteiger partial charge >= 0.3 is 7.82 Å². The van der Waals surface area contributed by atoms with Gasteiger partial charge in [-0.3, -0.25) is 4.79 Å². The van der Waals surface area contributed by atoms with Crippen molar-refractivity contribution in [2.75, 3.05) is 0 Å². The highest BCUT2D eigenvalue weighted by molar-refractivity contribution is 7.46. The number of hydrogen-bond acceptors (Lipinski definition) is 9. The summed E-state index contributed by atoms with van der Waals surface area (Å²) in [7, 11) is -5.24. The standard InChI is InChI=1S/C6H12N3O10P/c7-9-8-5(14)3(12)1(10)2(11)4(13)6(15)19-20(16,17)18/h1-3,5-6,10-12,14-15H,(H2,16,17,18)/t1-,2-,3-,5?,6?/m0/s1. The Bertz CT molecular complexity index is 433. The maximum atomic E-state index is 11.2. The molecule has 14 heteroatoms. The number of aliphatic hydroxyl groups is 5. The van der Waals surface area contributed by atoms with Crippen molar-refractivity contribution < 1.29 is 49.2 Å². The molecule has 20 heavy (non-hydrogen) atoms. The first-order chi connectivity index (χ1) is 9.01. The maximum absolute atomic E-state index is 11.2. The van der Waals surface area contributed by atoms with Gasteiger partial charge < -0.3 is 35.3 Å². The van der Waals surface area contributed by atoms with E-state index in [0.29, 0.717) is 0 Å². The molecule has 0 aromatic carbocycles. The van der Waals surface area contributed by atoms with Crippen LogP contribution in [0.15, 0.2) is 5.11 Å². The molecule has 0 aromatic rings. The summed E-state index contributed by atoms with van der Waals surface area (Å²) in [5.41, 5.74) is 7.96. The molecule has 0 aliphatic carbocycles. The van der Waals surface area contributed by atoms with Gasteiger partial charge in [0, 0.05) is 4.91 Å². The van der Waals surface area contributed by atoms with E-state index in [1.807, 2.05) is 0 Å². The molecule has 0 saturated carbocycles. The van der Waals surface area contributed by atoms with E-state index >= 15 is 0 Å². The molecule has 0 spiro atoms. The van der Waals surface area contributed by atoms with Crippen molar-refractivity contribution in [3.05, 3.63) is 10.4 Å². The Hall–Kier alpha value is -1.11. The Labute approximate surface area is 110 Å². The summed E-state index contributed by atoms with van der Waals surface area (Å²) in [6.45, 7) is 0. The summed E-state index contributed by atoms with van der Waals surface area (Å²) in [5, 5.41) is 48.2. The third-order valence-corrected chi connectivity index (χ3v) is 2.40. The van der Waals surface area contributed by atoms with Crippen LogP contribution in [0.1, 0.15) is 0 Å². The van der Waals surface area contributed by atoms with Gasteiger partial charge in [-0.05, 0) is 5.53 Å². The molecule has 0 heterocycles. The zero-order valence-electron chi connectivity index (χ0n) is 9.53. The van der Waals surface area contributed by atoms with E-state index in [4.69, 9.17) is 25.5 Å². The lowest BCUT2D eigenvalue weighted by atomic mass is 10.0. The molecule has 0 aliphatic heterocycles. The molecule has 0 saturated heterocycles. The minimum Gasteiger partial charge on any atom is -0.387 e. The first-order valence-corrected chi connectivity index (χ1v) is 6.26. The van der Waals surface area contributed by atoms with Gasteiger partial charge in [0.1, 0.15) is 18.3 Å². The molecular formula is C6H12N3O10P. The monoisotopic (exact) mass is 317 g/mol. The van der Waals surface area contributed by atoms with Crippen LogP contribution in [0.3, 0.4) is 0 Å². The fourth-order valence-corrected chi connectivity index (χ4v) is 1.34. The molecule has 0 fully saturated rings. The summed E-state index contributed by atoms with van der Waals surface area (Å²) < 4.78 is 13.9. The lowest BCUT2D eigenvalue weighted by molar-refractivity contribution is -0.166. The van der Waals surface area contributed by atoms with Crippen molar-refractivity contribution in [3.8, 4) is 0 Å². The van der Waals surface area contributed by atoms with Gasteiger partial charge in [-0.1, -0.05) is 5.11 Å². The fourth-order valence-electron chi connectivity index (χ4n) is 0.981. The van der Waals surface area contributed by atoms with E-state index in [1.165, 1.54) is 0 Å². The van der Waals surface area contributed by atoms with Crippen LogP contribution in [-0.2, 0) is 13.9 Å². The number of aliphatic hydroxyl groups excluding tert-OH is 5. The van der Waals surface area contributed by atoms with E-state index in [2.05, 4.69) is 14.5 Å². The Morgan fingerprint density at radius 1 is 1.15 bits per heavy atom. The zero-order chi connectivity index (χ0) is 16.1. The Morgan fingerprint density at radius 2 is 1.65 bits per heavy atom. The smallest absolute Gasteiger partial charge is 0.387 e. The molecule has 5 atom stereocenters. The van der Waals surface area contributed by atoms with Gasteiger partial charge in [-0.15, -0.1) is 0 Å². The maximum Gasteiger partial charge on any atom is 0.472 e. The second-order valence-electron chi connectivity index (χ2n) is 3.40. The molecule has 2 unspecified atom stereocenters. The average molecular weight is 317 g/mol. The average Bonchev–Trinajstić information content (AvgIpc) is 2.33. The lowest BCUT2D eigenvalue weighted by Gasteiger charge is -2.24. The molecule has 13 nitrogen and oxygen atoms in total. The molecule has 0 radical (unpaired) electrons. The minimum atomic E-state index is -5.24. The predicted molar refractivity (Wildman–Crippen MR) is 57.3 cm³/mol. The highest BCUT2D eigenvalue weighted by atomic mass is 31.2. The summed E-state index contributed by atoms with van der Waals surface area (Å²) >= 11 is 0. The van der Waals surface area contributed by atoms with Crippen molar-refractivity contribution in [2.45, 2.75) is 30.8 Å². The van der Waals surface area contributed by atoms with Crippen LogP contribution >= 0.6 is 7.82 Å². The van der Waals surface area contributed by atoms with E-state index in [1.54, 1.807) is 0 Å². The predicted octanol–water partition coefficient (Wildman–Crippen LogP) is -3.31.